The highest BCUT2D eigenvalue weighted by Gasteiger charge is 2.18. The lowest BCUT2D eigenvalue weighted by molar-refractivity contribution is -0.385. The molecule has 2 N–H and O–H groups in total. The van der Waals surface area contributed by atoms with Gasteiger partial charge >= 0.3 is 5.69 Å². The van der Waals surface area contributed by atoms with E-state index in [4.69, 9.17) is 4.74 Å². The Morgan fingerprint density at radius 3 is 2.48 bits per heavy atom. The largest absolute Gasteiger partial charge is 0.502 e. The number of methoxy groups -OCH3 is 1. The first kappa shape index (κ1) is 22.1. The second-order valence-corrected chi connectivity index (χ2v) is 8.54. The van der Waals surface area contributed by atoms with Gasteiger partial charge in [-0.15, -0.1) is 10.2 Å². The molecule has 0 spiro atoms. The molecule has 3 aromatic rings. The number of benzene rings is 2. The van der Waals surface area contributed by atoms with Crippen LogP contribution in [0.3, 0.4) is 0 Å². The average Bonchev–Trinajstić information content (AvgIpc) is 2.74. The van der Waals surface area contributed by atoms with E-state index in [0.717, 1.165) is 0 Å². The van der Waals surface area contributed by atoms with E-state index < -0.39 is 26.4 Å². The van der Waals surface area contributed by atoms with Crippen molar-refractivity contribution in [3.05, 3.63) is 68.7 Å². The second kappa shape index (κ2) is 9.06. The molecule has 2 aromatic carbocycles. The fraction of sp³-hybridized carbons (Fsp3) is 0.0556. The molecule has 0 radical (unpaired) electrons. The Balaban J connectivity index is 1.79. The number of anilines is 1. The van der Waals surface area contributed by atoms with E-state index >= 15 is 0 Å². The van der Waals surface area contributed by atoms with Gasteiger partial charge in [0.1, 0.15) is 0 Å². The standard InChI is InChI=1S/C18H14BrN5O6S/c1-30-17-7-6-16(21-22-17)23-31(28,29)14-4-2-13(3-5-14)20-10-11-8-12(19)9-15(18(11)25)24(26)27/h2-10,25H,1H3,(H,21,23). The number of nitro groups is 1. The van der Waals surface area contributed by atoms with Gasteiger partial charge in [-0.05, 0) is 36.4 Å². The van der Waals surface area contributed by atoms with E-state index in [2.05, 4.69) is 35.8 Å². The van der Waals surface area contributed by atoms with Crippen LogP contribution in [0.2, 0.25) is 0 Å². The Morgan fingerprint density at radius 2 is 1.90 bits per heavy atom. The van der Waals surface area contributed by atoms with Gasteiger partial charge in [0.2, 0.25) is 11.6 Å². The van der Waals surface area contributed by atoms with Crippen molar-refractivity contribution in [1.82, 2.24) is 10.2 Å². The third-order valence-corrected chi connectivity index (χ3v) is 5.70. The molecule has 1 heterocycles. The molecule has 11 nitrogen and oxygen atoms in total. The lowest BCUT2D eigenvalue weighted by Crippen LogP contribution is -2.14. The fourth-order valence-corrected chi connectivity index (χ4v) is 3.84. The minimum Gasteiger partial charge on any atom is -0.502 e. The molecule has 0 saturated heterocycles. The van der Waals surface area contributed by atoms with Crippen LogP contribution in [0.5, 0.6) is 11.6 Å². The SMILES string of the molecule is COc1ccc(NS(=O)(=O)c2ccc(N=Cc3cc(Br)cc([N+](=O)[O-])c3O)cc2)nn1. The van der Waals surface area contributed by atoms with Crippen molar-refractivity contribution in [1.29, 1.82) is 0 Å². The predicted molar refractivity (Wildman–Crippen MR) is 116 cm³/mol. The number of aromatic hydroxyl groups is 1. The number of nitro benzene ring substituents is 1. The number of ether oxygens (including phenoxy) is 1. The molecule has 160 valence electrons. The Hall–Kier alpha value is -3.58. The van der Waals surface area contributed by atoms with Crippen LogP contribution in [-0.2, 0) is 10.0 Å². The third kappa shape index (κ3) is 5.32. The molecule has 31 heavy (non-hydrogen) atoms. The molecule has 13 heteroatoms. The van der Waals surface area contributed by atoms with Crippen LogP contribution in [-0.4, -0.2) is 42.0 Å². The van der Waals surface area contributed by atoms with Crippen molar-refractivity contribution in [3.8, 4) is 11.6 Å². The Kier molecular flexibility index (Phi) is 6.46. The van der Waals surface area contributed by atoms with Crippen molar-refractivity contribution in [2.24, 2.45) is 4.99 Å². The Bertz CT molecular complexity index is 1250. The van der Waals surface area contributed by atoms with Gasteiger partial charge in [-0.25, -0.2) is 8.42 Å². The number of rotatable bonds is 7. The minimum atomic E-state index is -3.91. The minimum absolute atomic E-state index is 0.0228. The Labute approximate surface area is 184 Å². The van der Waals surface area contributed by atoms with Gasteiger partial charge in [-0.2, -0.15) is 0 Å². The maximum atomic E-state index is 12.5. The maximum Gasteiger partial charge on any atom is 0.312 e. The summed E-state index contributed by atoms with van der Waals surface area (Å²) in [7, 11) is -2.50. The molecule has 0 aliphatic carbocycles. The zero-order valence-electron chi connectivity index (χ0n) is 15.8. The molecule has 0 saturated carbocycles. The predicted octanol–water partition coefficient (Wildman–Crippen LogP) is 3.41. The summed E-state index contributed by atoms with van der Waals surface area (Å²) in [6.45, 7) is 0. The number of halogens is 1. The van der Waals surface area contributed by atoms with Crippen LogP contribution in [0, 0.1) is 10.1 Å². The third-order valence-electron chi connectivity index (χ3n) is 3.87. The van der Waals surface area contributed by atoms with E-state index in [-0.39, 0.29) is 22.2 Å². The summed E-state index contributed by atoms with van der Waals surface area (Å²) in [5.74, 6) is -0.262. The van der Waals surface area contributed by atoms with Gasteiger partial charge in [0, 0.05) is 28.4 Å². The highest BCUT2D eigenvalue weighted by molar-refractivity contribution is 9.10. The first-order chi connectivity index (χ1) is 14.7. The molecule has 0 bridgehead atoms. The van der Waals surface area contributed by atoms with E-state index in [1.54, 1.807) is 0 Å². The average molecular weight is 508 g/mol. The summed E-state index contributed by atoms with van der Waals surface area (Å²) in [6.07, 6.45) is 1.24. The number of phenols is 1. The topological polar surface area (TPSA) is 157 Å². The fourth-order valence-electron chi connectivity index (χ4n) is 2.38. The van der Waals surface area contributed by atoms with Gasteiger partial charge in [0.15, 0.2) is 5.82 Å². The van der Waals surface area contributed by atoms with Crippen LogP contribution < -0.4 is 9.46 Å². The summed E-state index contributed by atoms with van der Waals surface area (Å²) in [4.78, 5) is 14.4. The summed E-state index contributed by atoms with van der Waals surface area (Å²) in [5, 5.41) is 28.4. The molecular weight excluding hydrogens is 494 g/mol. The highest BCUT2D eigenvalue weighted by atomic mass is 79.9. The first-order valence-electron chi connectivity index (χ1n) is 8.41. The number of aliphatic imine (C=N–C) groups is 1. The number of aromatic nitrogens is 2. The quantitative estimate of drug-likeness (QED) is 0.279. The second-order valence-electron chi connectivity index (χ2n) is 5.94. The van der Waals surface area contributed by atoms with Crippen molar-refractivity contribution in [3.63, 3.8) is 0 Å². The molecule has 0 atom stereocenters. The van der Waals surface area contributed by atoms with Crippen LogP contribution in [0.25, 0.3) is 0 Å². The van der Waals surface area contributed by atoms with Crippen molar-refractivity contribution in [2.75, 3.05) is 11.8 Å². The molecule has 1 aromatic heterocycles. The smallest absolute Gasteiger partial charge is 0.312 e. The van der Waals surface area contributed by atoms with Crippen LogP contribution in [0.15, 0.2) is 62.9 Å². The normalized spacial score (nSPS) is 11.4. The van der Waals surface area contributed by atoms with Crippen LogP contribution in [0.1, 0.15) is 5.56 Å². The summed E-state index contributed by atoms with van der Waals surface area (Å²) in [5.41, 5.74) is 0.0210. The Morgan fingerprint density at radius 1 is 1.19 bits per heavy atom. The molecule has 0 aliphatic rings. The van der Waals surface area contributed by atoms with Crippen molar-refractivity contribution >= 4 is 49.4 Å². The summed E-state index contributed by atoms with van der Waals surface area (Å²) >= 11 is 3.14. The van der Waals surface area contributed by atoms with E-state index in [1.807, 2.05) is 0 Å². The van der Waals surface area contributed by atoms with Gasteiger partial charge in [-0.3, -0.25) is 19.8 Å². The summed E-state index contributed by atoms with van der Waals surface area (Å²) in [6, 6.07) is 11.0. The number of nitrogens with zero attached hydrogens (tertiary/aromatic N) is 4. The monoisotopic (exact) mass is 507 g/mol. The van der Waals surface area contributed by atoms with Gasteiger partial charge in [0.25, 0.3) is 10.0 Å². The van der Waals surface area contributed by atoms with Gasteiger partial charge in [-0.1, -0.05) is 15.9 Å². The van der Waals surface area contributed by atoms with Gasteiger partial charge in [0.05, 0.1) is 22.6 Å². The molecule has 0 amide bonds. The van der Waals surface area contributed by atoms with E-state index in [9.17, 15) is 23.6 Å². The maximum absolute atomic E-state index is 12.5. The van der Waals surface area contributed by atoms with Crippen molar-refractivity contribution in [2.45, 2.75) is 4.90 Å². The number of hydrogen-bond acceptors (Lipinski definition) is 9. The zero-order valence-corrected chi connectivity index (χ0v) is 18.2. The molecular formula is C18H14BrN5O6S. The zero-order chi connectivity index (χ0) is 22.6. The van der Waals surface area contributed by atoms with Crippen LogP contribution in [0.4, 0.5) is 17.2 Å². The van der Waals surface area contributed by atoms with Crippen molar-refractivity contribution < 1.29 is 23.2 Å². The number of nitrogens with one attached hydrogen (secondary N) is 1. The number of sulfonamides is 1. The molecule has 0 aliphatic heterocycles. The number of phenolic OH excluding ortho intramolecular Hbond substituents is 1. The lowest BCUT2D eigenvalue weighted by atomic mass is 10.2. The number of hydrogen-bond donors (Lipinski definition) is 2. The molecule has 0 unspecified atom stereocenters. The first-order valence-corrected chi connectivity index (χ1v) is 10.7. The lowest BCUT2D eigenvalue weighted by Gasteiger charge is -2.07. The summed E-state index contributed by atoms with van der Waals surface area (Å²) < 4.78 is 32.5. The molecule has 0 fully saturated rings. The van der Waals surface area contributed by atoms with E-state index in [0.29, 0.717) is 10.2 Å². The molecule has 3 rings (SSSR count). The highest BCUT2D eigenvalue weighted by Crippen LogP contribution is 2.32. The van der Waals surface area contributed by atoms with Crippen LogP contribution >= 0.6 is 15.9 Å². The van der Waals surface area contributed by atoms with E-state index in [1.165, 1.54) is 61.9 Å². The van der Waals surface area contributed by atoms with Gasteiger partial charge < -0.3 is 9.84 Å².